The Morgan fingerprint density at radius 2 is 0.786 bits per heavy atom. The summed E-state index contributed by atoms with van der Waals surface area (Å²) in [5.41, 5.74) is 15.2. The zero-order valence-corrected chi connectivity index (χ0v) is 25.2. The van der Waals surface area contributed by atoms with Gasteiger partial charge in [-0.1, -0.05) is 154 Å². The number of unbranched alkanes of at least 4 members (excludes halogenated alkanes) is 5. The van der Waals surface area contributed by atoms with Crippen LogP contribution in [0.3, 0.4) is 0 Å². The van der Waals surface area contributed by atoms with Crippen molar-refractivity contribution in [2.24, 2.45) is 0 Å². The molecule has 1 aliphatic rings. The molecule has 0 spiro atoms. The Balaban J connectivity index is 0.994. The Labute approximate surface area is 253 Å². The van der Waals surface area contributed by atoms with Gasteiger partial charge in [-0.05, 0) is 99.7 Å². The summed E-state index contributed by atoms with van der Waals surface area (Å²) in [6.07, 6.45) is 13.8. The summed E-state index contributed by atoms with van der Waals surface area (Å²) >= 11 is 0. The Morgan fingerprint density at radius 3 is 1.26 bits per heavy atom. The molecule has 212 valence electrons. The summed E-state index contributed by atoms with van der Waals surface area (Å²) < 4.78 is 0. The molecule has 5 aromatic carbocycles. The van der Waals surface area contributed by atoms with Gasteiger partial charge < -0.3 is 0 Å². The third-order valence-corrected chi connectivity index (χ3v) is 9.06. The second kappa shape index (κ2) is 13.8. The molecule has 0 nitrogen and oxygen atoms in total. The fourth-order valence-corrected chi connectivity index (χ4v) is 6.22. The normalized spacial score (nSPS) is 12.1. The predicted octanol–water partition coefficient (Wildman–Crippen LogP) is 11.2. The highest BCUT2D eigenvalue weighted by molar-refractivity contribution is 5.67. The van der Waals surface area contributed by atoms with Crippen LogP contribution in [-0.4, -0.2) is 0 Å². The van der Waals surface area contributed by atoms with Crippen molar-refractivity contribution in [2.45, 2.75) is 77.6 Å². The molecule has 0 heterocycles. The largest absolute Gasteiger partial charge is 0.0654 e. The Kier molecular flexibility index (Phi) is 9.30. The fourth-order valence-electron chi connectivity index (χ4n) is 6.22. The minimum absolute atomic E-state index is 0.960. The van der Waals surface area contributed by atoms with Crippen molar-refractivity contribution in [3.8, 4) is 22.3 Å². The van der Waals surface area contributed by atoms with Crippen LogP contribution in [0.2, 0.25) is 0 Å². The van der Waals surface area contributed by atoms with Gasteiger partial charge in [0, 0.05) is 0 Å². The minimum Gasteiger partial charge on any atom is -0.0654 e. The van der Waals surface area contributed by atoms with E-state index in [0.717, 1.165) is 12.8 Å². The van der Waals surface area contributed by atoms with E-state index in [4.69, 9.17) is 0 Å². The third kappa shape index (κ3) is 7.29. The highest BCUT2D eigenvalue weighted by atomic mass is 14.2. The van der Waals surface area contributed by atoms with Crippen LogP contribution in [0.25, 0.3) is 22.3 Å². The van der Waals surface area contributed by atoms with Crippen molar-refractivity contribution in [3.05, 3.63) is 154 Å². The van der Waals surface area contributed by atoms with Crippen LogP contribution in [0, 0.1) is 0 Å². The van der Waals surface area contributed by atoms with E-state index >= 15 is 0 Å². The number of rotatable bonds is 13. The molecular formula is C42H44. The molecule has 0 bridgehead atoms. The van der Waals surface area contributed by atoms with Gasteiger partial charge in [0.05, 0.1) is 0 Å². The molecule has 0 fully saturated rings. The first-order valence-corrected chi connectivity index (χ1v) is 16.2. The van der Waals surface area contributed by atoms with E-state index in [1.54, 1.807) is 0 Å². The SMILES string of the molecule is CCCCCCCCc1ccc(Cc2ccc(-c3ccc(Cc4ccc(-c5ccc6c(c5)CC6)cc4)cc3)cc2)cc1. The first-order chi connectivity index (χ1) is 20.7. The molecule has 0 unspecified atom stereocenters. The van der Waals surface area contributed by atoms with E-state index in [2.05, 4.69) is 122 Å². The van der Waals surface area contributed by atoms with Gasteiger partial charge in [0.25, 0.3) is 0 Å². The van der Waals surface area contributed by atoms with Gasteiger partial charge >= 0.3 is 0 Å². The summed E-state index contributed by atoms with van der Waals surface area (Å²) in [6, 6.07) is 43.6. The van der Waals surface area contributed by atoms with Crippen LogP contribution in [0.5, 0.6) is 0 Å². The monoisotopic (exact) mass is 548 g/mol. The Hall–Kier alpha value is -3.90. The predicted molar refractivity (Wildman–Crippen MR) is 180 cm³/mol. The van der Waals surface area contributed by atoms with Gasteiger partial charge in [0.1, 0.15) is 0 Å². The fraction of sp³-hybridized carbons (Fsp3) is 0.286. The average Bonchev–Trinajstić information content (AvgIpc) is 3.02. The van der Waals surface area contributed by atoms with Crippen molar-refractivity contribution in [1.82, 2.24) is 0 Å². The lowest BCUT2D eigenvalue weighted by Gasteiger charge is -2.19. The number of benzene rings is 5. The lowest BCUT2D eigenvalue weighted by atomic mass is 9.86. The first-order valence-electron chi connectivity index (χ1n) is 16.2. The van der Waals surface area contributed by atoms with Gasteiger partial charge in [-0.25, -0.2) is 0 Å². The molecule has 42 heavy (non-hydrogen) atoms. The summed E-state index contributed by atoms with van der Waals surface area (Å²) in [6.45, 7) is 2.28. The van der Waals surface area contributed by atoms with E-state index in [0.29, 0.717) is 0 Å². The quantitative estimate of drug-likeness (QED) is 0.128. The van der Waals surface area contributed by atoms with Crippen molar-refractivity contribution in [2.75, 3.05) is 0 Å². The van der Waals surface area contributed by atoms with Crippen LogP contribution < -0.4 is 0 Å². The number of fused-ring (bicyclic) bond motifs is 1. The Bertz CT molecular complexity index is 1550. The summed E-state index contributed by atoms with van der Waals surface area (Å²) in [4.78, 5) is 0. The smallest absolute Gasteiger partial charge is 0.00258 e. The summed E-state index contributed by atoms with van der Waals surface area (Å²) in [5.74, 6) is 0. The summed E-state index contributed by atoms with van der Waals surface area (Å²) in [5, 5.41) is 0. The second-order valence-electron chi connectivity index (χ2n) is 12.3. The molecule has 0 heteroatoms. The van der Waals surface area contributed by atoms with Crippen LogP contribution in [-0.2, 0) is 32.1 Å². The molecule has 0 N–H and O–H groups in total. The zero-order valence-electron chi connectivity index (χ0n) is 25.2. The lowest BCUT2D eigenvalue weighted by Crippen LogP contribution is -2.07. The summed E-state index contributed by atoms with van der Waals surface area (Å²) in [7, 11) is 0. The average molecular weight is 549 g/mol. The maximum absolute atomic E-state index is 2.37. The first kappa shape index (κ1) is 28.2. The van der Waals surface area contributed by atoms with Gasteiger partial charge in [-0.15, -0.1) is 0 Å². The molecule has 0 aliphatic heterocycles. The molecule has 0 radical (unpaired) electrons. The molecular weight excluding hydrogens is 504 g/mol. The molecule has 6 rings (SSSR count). The number of hydrogen-bond donors (Lipinski definition) is 0. The minimum atomic E-state index is 0.960. The van der Waals surface area contributed by atoms with E-state index in [1.807, 2.05) is 0 Å². The molecule has 0 saturated carbocycles. The van der Waals surface area contributed by atoms with Crippen LogP contribution in [0.4, 0.5) is 0 Å². The van der Waals surface area contributed by atoms with Gasteiger partial charge in [0.15, 0.2) is 0 Å². The van der Waals surface area contributed by atoms with Gasteiger partial charge in [0.2, 0.25) is 0 Å². The van der Waals surface area contributed by atoms with Crippen LogP contribution in [0.15, 0.2) is 115 Å². The maximum Gasteiger partial charge on any atom is -0.00258 e. The second-order valence-corrected chi connectivity index (χ2v) is 12.3. The van der Waals surface area contributed by atoms with E-state index in [9.17, 15) is 0 Å². The highest BCUT2D eigenvalue weighted by Gasteiger charge is 2.13. The zero-order chi connectivity index (χ0) is 28.6. The molecule has 0 aromatic heterocycles. The van der Waals surface area contributed by atoms with Gasteiger partial charge in [-0.2, -0.15) is 0 Å². The van der Waals surface area contributed by atoms with E-state index in [-0.39, 0.29) is 0 Å². The number of hydrogen-bond acceptors (Lipinski definition) is 0. The lowest BCUT2D eigenvalue weighted by molar-refractivity contribution is 0.607. The van der Waals surface area contributed by atoms with Crippen molar-refractivity contribution < 1.29 is 0 Å². The standard InChI is InChI=1S/C42H44/c1-2-3-4-5-6-7-8-32-9-11-33(12-10-32)29-34-13-19-37(20-14-34)38-21-15-35(16-22-38)30-36-17-23-39(24-18-36)41-27-25-40-26-28-42(40)31-41/h9-25,27,31H,2-8,26,28-30H2,1H3. The molecule has 5 aromatic rings. The molecule has 0 atom stereocenters. The van der Waals surface area contributed by atoms with Crippen LogP contribution >= 0.6 is 0 Å². The maximum atomic E-state index is 2.37. The van der Waals surface area contributed by atoms with Gasteiger partial charge in [-0.3, -0.25) is 0 Å². The van der Waals surface area contributed by atoms with Crippen molar-refractivity contribution in [3.63, 3.8) is 0 Å². The third-order valence-electron chi connectivity index (χ3n) is 9.06. The molecule has 1 aliphatic carbocycles. The highest BCUT2D eigenvalue weighted by Crippen LogP contribution is 2.29. The topological polar surface area (TPSA) is 0 Å². The van der Waals surface area contributed by atoms with Crippen LogP contribution in [0.1, 0.15) is 84.4 Å². The van der Waals surface area contributed by atoms with Crippen molar-refractivity contribution >= 4 is 0 Å². The van der Waals surface area contributed by atoms with Crippen molar-refractivity contribution in [1.29, 1.82) is 0 Å². The Morgan fingerprint density at radius 1 is 0.381 bits per heavy atom. The van der Waals surface area contributed by atoms with E-state index in [1.165, 1.54) is 119 Å². The molecule has 0 saturated heterocycles. The molecule has 0 amide bonds. The van der Waals surface area contributed by atoms with E-state index < -0.39 is 0 Å². The number of aryl methyl sites for hydroxylation is 3.